The van der Waals surface area contributed by atoms with Gasteiger partial charge in [0.25, 0.3) is 5.91 Å². The van der Waals surface area contributed by atoms with Crippen LogP contribution in [-0.2, 0) is 0 Å². The molecular formula is C23H17N7O2. The molecule has 0 saturated heterocycles. The molecule has 9 heteroatoms. The number of carbonyl (C=O) groups is 1. The predicted molar refractivity (Wildman–Crippen MR) is 118 cm³/mol. The van der Waals surface area contributed by atoms with E-state index in [0.29, 0.717) is 28.7 Å². The Labute approximate surface area is 182 Å². The van der Waals surface area contributed by atoms with Crippen molar-refractivity contribution in [1.82, 2.24) is 29.5 Å². The van der Waals surface area contributed by atoms with Crippen molar-refractivity contribution in [2.24, 2.45) is 0 Å². The fourth-order valence-corrected chi connectivity index (χ4v) is 3.13. The smallest absolute Gasteiger partial charge is 0.275 e. The summed E-state index contributed by atoms with van der Waals surface area (Å²) in [6.45, 7) is 1.89. The fraction of sp³-hybridized carbons (Fsp3) is 0.0435. The summed E-state index contributed by atoms with van der Waals surface area (Å²) < 4.78 is 7.67. The van der Waals surface area contributed by atoms with Gasteiger partial charge in [-0.15, -0.1) is 0 Å². The molecule has 0 radical (unpaired) electrons. The molecular weight excluding hydrogens is 406 g/mol. The van der Waals surface area contributed by atoms with Gasteiger partial charge >= 0.3 is 0 Å². The van der Waals surface area contributed by atoms with E-state index in [1.54, 1.807) is 36.5 Å². The van der Waals surface area contributed by atoms with Gasteiger partial charge in [0.2, 0.25) is 5.88 Å². The first kappa shape index (κ1) is 19.3. The Morgan fingerprint density at radius 3 is 2.56 bits per heavy atom. The first-order valence-electron chi connectivity index (χ1n) is 9.79. The molecule has 0 aliphatic carbocycles. The number of para-hydroxylation sites is 2. The van der Waals surface area contributed by atoms with Crippen molar-refractivity contribution in [2.45, 2.75) is 6.92 Å². The monoisotopic (exact) mass is 423 g/mol. The van der Waals surface area contributed by atoms with Crippen LogP contribution in [0.3, 0.4) is 0 Å². The van der Waals surface area contributed by atoms with Crippen LogP contribution in [0.2, 0.25) is 0 Å². The van der Waals surface area contributed by atoms with E-state index in [2.05, 4.69) is 30.2 Å². The molecule has 1 N–H and O–H groups in total. The molecule has 0 bridgehead atoms. The number of hydrogen-bond acceptors (Lipinski definition) is 7. The summed E-state index contributed by atoms with van der Waals surface area (Å²) >= 11 is 0. The number of anilines is 1. The lowest BCUT2D eigenvalue weighted by Crippen LogP contribution is -2.14. The van der Waals surface area contributed by atoms with Gasteiger partial charge < -0.3 is 10.1 Å². The maximum atomic E-state index is 12.5. The van der Waals surface area contributed by atoms with Gasteiger partial charge in [-0.2, -0.15) is 0 Å². The number of benzene rings is 2. The Kier molecular flexibility index (Phi) is 4.97. The average molecular weight is 423 g/mol. The van der Waals surface area contributed by atoms with Gasteiger partial charge in [0, 0.05) is 24.1 Å². The lowest BCUT2D eigenvalue weighted by molar-refractivity contribution is 0.102. The maximum absolute atomic E-state index is 12.5. The zero-order chi connectivity index (χ0) is 21.9. The van der Waals surface area contributed by atoms with Crippen LogP contribution in [0, 0.1) is 6.92 Å². The van der Waals surface area contributed by atoms with Crippen LogP contribution < -0.4 is 10.1 Å². The highest BCUT2D eigenvalue weighted by atomic mass is 16.5. The summed E-state index contributed by atoms with van der Waals surface area (Å²) in [7, 11) is 0. The lowest BCUT2D eigenvalue weighted by Gasteiger charge is -2.09. The van der Waals surface area contributed by atoms with Crippen LogP contribution >= 0.6 is 0 Å². The normalized spacial score (nSPS) is 10.8. The Balaban J connectivity index is 1.28. The Bertz CT molecular complexity index is 1410. The zero-order valence-corrected chi connectivity index (χ0v) is 17.0. The second-order valence-corrected chi connectivity index (χ2v) is 6.88. The number of carbonyl (C=O) groups excluding carboxylic acids is 1. The van der Waals surface area contributed by atoms with Crippen molar-refractivity contribution in [3.8, 4) is 17.4 Å². The topological polar surface area (TPSA) is 108 Å². The van der Waals surface area contributed by atoms with Gasteiger partial charge in [0.15, 0.2) is 0 Å². The Hall–Kier alpha value is -4.66. The quantitative estimate of drug-likeness (QED) is 0.456. The number of hydrogen-bond donors (Lipinski definition) is 1. The standard InChI is InChI=1S/C23H17N7O2/c1-15-24-10-11-30(15)21-12-22(27-14-26-21)32-17-8-6-16(7-9-17)28-23(31)20-13-25-18-4-2-3-5-19(18)29-20/h2-14H,1H3,(H,28,31). The second kappa shape index (κ2) is 8.23. The third-order valence-electron chi connectivity index (χ3n) is 4.72. The van der Waals surface area contributed by atoms with Gasteiger partial charge in [-0.3, -0.25) is 14.3 Å². The van der Waals surface area contributed by atoms with Crippen molar-refractivity contribution < 1.29 is 9.53 Å². The molecule has 32 heavy (non-hydrogen) atoms. The highest BCUT2D eigenvalue weighted by Gasteiger charge is 2.10. The third-order valence-corrected chi connectivity index (χ3v) is 4.72. The van der Waals surface area contributed by atoms with Crippen LogP contribution in [0.15, 0.2) is 79.5 Å². The van der Waals surface area contributed by atoms with E-state index in [1.165, 1.54) is 12.5 Å². The minimum absolute atomic E-state index is 0.243. The van der Waals surface area contributed by atoms with E-state index < -0.39 is 0 Å². The first-order valence-corrected chi connectivity index (χ1v) is 9.79. The van der Waals surface area contributed by atoms with Crippen molar-refractivity contribution in [1.29, 1.82) is 0 Å². The number of nitrogens with zero attached hydrogens (tertiary/aromatic N) is 6. The summed E-state index contributed by atoms with van der Waals surface area (Å²) in [5.74, 6) is 2.09. The van der Waals surface area contributed by atoms with Crippen LogP contribution in [0.5, 0.6) is 11.6 Å². The number of rotatable bonds is 5. The Morgan fingerprint density at radius 2 is 1.78 bits per heavy atom. The number of imidazole rings is 1. The molecule has 3 aromatic heterocycles. The van der Waals surface area contributed by atoms with E-state index >= 15 is 0 Å². The number of ether oxygens (including phenoxy) is 1. The Morgan fingerprint density at radius 1 is 0.969 bits per heavy atom. The predicted octanol–water partition coefficient (Wildman–Crippen LogP) is 3.96. The van der Waals surface area contributed by atoms with E-state index in [-0.39, 0.29) is 11.6 Å². The summed E-state index contributed by atoms with van der Waals surface area (Å²) in [4.78, 5) is 33.8. The van der Waals surface area contributed by atoms with Gasteiger partial charge in [-0.05, 0) is 43.3 Å². The maximum Gasteiger partial charge on any atom is 0.275 e. The zero-order valence-electron chi connectivity index (χ0n) is 17.0. The number of aryl methyl sites for hydroxylation is 1. The molecule has 1 amide bonds. The summed E-state index contributed by atoms with van der Waals surface area (Å²) in [5, 5.41) is 2.81. The van der Waals surface area contributed by atoms with Crippen LogP contribution in [0.25, 0.3) is 16.9 Å². The molecule has 0 saturated carbocycles. The summed E-state index contributed by atoms with van der Waals surface area (Å²) in [6.07, 6.45) is 6.42. The van der Waals surface area contributed by atoms with Gasteiger partial charge in [-0.25, -0.2) is 19.9 Å². The third kappa shape index (κ3) is 3.99. The molecule has 0 spiro atoms. The average Bonchev–Trinajstić information content (AvgIpc) is 3.26. The van der Waals surface area contributed by atoms with Gasteiger partial charge in [-0.1, -0.05) is 12.1 Å². The van der Waals surface area contributed by atoms with E-state index in [4.69, 9.17) is 4.74 Å². The molecule has 9 nitrogen and oxygen atoms in total. The summed E-state index contributed by atoms with van der Waals surface area (Å²) in [6, 6.07) is 16.1. The van der Waals surface area contributed by atoms with Crippen molar-refractivity contribution in [2.75, 3.05) is 5.32 Å². The first-order chi connectivity index (χ1) is 15.7. The molecule has 156 valence electrons. The minimum atomic E-state index is -0.340. The van der Waals surface area contributed by atoms with Crippen LogP contribution in [0.4, 0.5) is 5.69 Å². The lowest BCUT2D eigenvalue weighted by atomic mass is 10.2. The van der Waals surface area contributed by atoms with Crippen LogP contribution in [-0.4, -0.2) is 35.4 Å². The van der Waals surface area contributed by atoms with Crippen LogP contribution in [0.1, 0.15) is 16.3 Å². The van der Waals surface area contributed by atoms with Crippen molar-refractivity contribution in [3.05, 3.63) is 91.0 Å². The highest BCUT2D eigenvalue weighted by molar-refractivity contribution is 6.03. The molecule has 0 unspecified atom stereocenters. The van der Waals surface area contributed by atoms with E-state index in [9.17, 15) is 4.79 Å². The number of fused-ring (bicyclic) bond motifs is 1. The SMILES string of the molecule is Cc1nccn1-c1cc(Oc2ccc(NC(=O)c3cnc4ccccc4n3)cc2)ncn1. The largest absolute Gasteiger partial charge is 0.439 e. The molecule has 2 aromatic carbocycles. The summed E-state index contributed by atoms with van der Waals surface area (Å²) in [5.41, 5.74) is 2.25. The second-order valence-electron chi connectivity index (χ2n) is 6.88. The van der Waals surface area contributed by atoms with Crippen molar-refractivity contribution in [3.63, 3.8) is 0 Å². The van der Waals surface area contributed by atoms with Crippen molar-refractivity contribution >= 4 is 22.6 Å². The fourth-order valence-electron chi connectivity index (χ4n) is 3.13. The van der Waals surface area contributed by atoms with Gasteiger partial charge in [0.05, 0.1) is 17.2 Å². The molecule has 5 aromatic rings. The molecule has 3 heterocycles. The molecule has 0 aliphatic rings. The molecule has 5 rings (SSSR count). The van der Waals surface area contributed by atoms with E-state index in [0.717, 1.165) is 11.3 Å². The van der Waals surface area contributed by atoms with Gasteiger partial charge in [0.1, 0.15) is 29.4 Å². The van der Waals surface area contributed by atoms with E-state index in [1.807, 2.05) is 42.0 Å². The molecule has 0 aliphatic heterocycles. The molecule has 0 atom stereocenters. The number of amides is 1. The number of nitrogens with one attached hydrogen (secondary N) is 1. The molecule has 0 fully saturated rings. The number of aromatic nitrogens is 6. The highest BCUT2D eigenvalue weighted by Crippen LogP contribution is 2.23. The minimum Gasteiger partial charge on any atom is -0.439 e.